The molecule has 2 rings (SSSR count). The summed E-state index contributed by atoms with van der Waals surface area (Å²) in [4.78, 5) is 4.23. The van der Waals surface area contributed by atoms with E-state index in [-0.39, 0.29) is 0 Å². The molecule has 0 radical (unpaired) electrons. The minimum atomic E-state index is 0.830. The van der Waals surface area contributed by atoms with Crippen LogP contribution in [0.25, 0.3) is 0 Å². The molecule has 0 atom stereocenters. The minimum Gasteiger partial charge on any atom is -0.340 e. The lowest BCUT2D eigenvalue weighted by Gasteiger charge is -2.05. The lowest BCUT2D eigenvalue weighted by Crippen LogP contribution is -1.92. The van der Waals surface area contributed by atoms with Crippen molar-refractivity contribution in [3.63, 3.8) is 0 Å². The number of rotatable bonds is 2. The third-order valence-electron chi connectivity index (χ3n) is 1.82. The zero-order chi connectivity index (χ0) is 10.7. The van der Waals surface area contributed by atoms with Crippen molar-refractivity contribution in [2.24, 2.45) is 0 Å². The molecule has 2 nitrogen and oxygen atoms in total. The molecule has 0 aliphatic carbocycles. The van der Waals surface area contributed by atoms with E-state index >= 15 is 0 Å². The molecular formula is C11H8Br2N2. The molecule has 0 fully saturated rings. The second kappa shape index (κ2) is 4.77. The maximum atomic E-state index is 4.23. The Balaban J connectivity index is 2.18. The van der Waals surface area contributed by atoms with Crippen molar-refractivity contribution in [2.75, 3.05) is 5.32 Å². The molecule has 0 saturated heterocycles. The van der Waals surface area contributed by atoms with Crippen LogP contribution in [0, 0.1) is 0 Å². The van der Waals surface area contributed by atoms with Gasteiger partial charge in [-0.1, -0.05) is 22.0 Å². The van der Waals surface area contributed by atoms with E-state index in [1.54, 1.807) is 6.20 Å². The van der Waals surface area contributed by atoms with Crippen LogP contribution in [0.2, 0.25) is 0 Å². The molecule has 0 aliphatic rings. The summed E-state index contributed by atoms with van der Waals surface area (Å²) in [5.41, 5.74) is 1.01. The first-order valence-electron chi connectivity index (χ1n) is 4.38. The van der Waals surface area contributed by atoms with Gasteiger partial charge in [0.15, 0.2) is 0 Å². The molecule has 15 heavy (non-hydrogen) atoms. The van der Waals surface area contributed by atoms with E-state index in [9.17, 15) is 0 Å². The minimum absolute atomic E-state index is 0.830. The van der Waals surface area contributed by atoms with Crippen molar-refractivity contribution in [1.82, 2.24) is 4.98 Å². The Kier molecular flexibility index (Phi) is 3.38. The van der Waals surface area contributed by atoms with Crippen molar-refractivity contribution in [2.45, 2.75) is 0 Å². The van der Waals surface area contributed by atoms with Gasteiger partial charge in [0.05, 0.1) is 0 Å². The van der Waals surface area contributed by atoms with Crippen LogP contribution in [0.3, 0.4) is 0 Å². The van der Waals surface area contributed by atoms with Gasteiger partial charge in [-0.05, 0) is 46.3 Å². The van der Waals surface area contributed by atoms with Crippen LogP contribution in [-0.4, -0.2) is 4.98 Å². The summed E-state index contributed by atoms with van der Waals surface area (Å²) >= 11 is 6.76. The van der Waals surface area contributed by atoms with Crippen LogP contribution in [0.5, 0.6) is 0 Å². The van der Waals surface area contributed by atoms with Crippen LogP contribution < -0.4 is 5.32 Å². The maximum absolute atomic E-state index is 4.23. The molecule has 0 unspecified atom stereocenters. The Labute approximate surface area is 105 Å². The molecule has 0 spiro atoms. The van der Waals surface area contributed by atoms with Crippen molar-refractivity contribution < 1.29 is 0 Å². The highest BCUT2D eigenvalue weighted by Gasteiger charge is 1.96. The number of nitrogens with one attached hydrogen (secondary N) is 1. The van der Waals surface area contributed by atoms with Crippen LogP contribution in [0.15, 0.2) is 51.5 Å². The van der Waals surface area contributed by atoms with Gasteiger partial charge in [-0.25, -0.2) is 4.98 Å². The van der Waals surface area contributed by atoms with Gasteiger partial charge in [-0.15, -0.1) is 0 Å². The molecule has 0 saturated carbocycles. The highest BCUT2D eigenvalue weighted by molar-refractivity contribution is 9.10. The Morgan fingerprint density at radius 1 is 1.00 bits per heavy atom. The molecule has 1 aromatic carbocycles. The molecule has 0 aliphatic heterocycles. The second-order valence-electron chi connectivity index (χ2n) is 3.00. The Hall–Kier alpha value is -0.870. The van der Waals surface area contributed by atoms with Gasteiger partial charge in [0.1, 0.15) is 5.82 Å². The van der Waals surface area contributed by atoms with E-state index < -0.39 is 0 Å². The summed E-state index contributed by atoms with van der Waals surface area (Å²) in [5, 5.41) is 3.21. The third kappa shape index (κ3) is 3.04. The molecule has 1 aromatic heterocycles. The molecule has 1 N–H and O–H groups in total. The largest absolute Gasteiger partial charge is 0.340 e. The zero-order valence-electron chi connectivity index (χ0n) is 7.74. The van der Waals surface area contributed by atoms with Crippen molar-refractivity contribution in [3.8, 4) is 0 Å². The van der Waals surface area contributed by atoms with Gasteiger partial charge >= 0.3 is 0 Å². The monoisotopic (exact) mass is 326 g/mol. The third-order valence-corrected chi connectivity index (χ3v) is 2.79. The predicted molar refractivity (Wildman–Crippen MR) is 69.4 cm³/mol. The van der Waals surface area contributed by atoms with Gasteiger partial charge in [0.2, 0.25) is 0 Å². The van der Waals surface area contributed by atoms with Gasteiger partial charge in [0, 0.05) is 20.8 Å². The van der Waals surface area contributed by atoms with E-state index in [0.29, 0.717) is 0 Å². The molecule has 4 heteroatoms. The van der Waals surface area contributed by atoms with Gasteiger partial charge < -0.3 is 5.32 Å². The second-order valence-corrected chi connectivity index (χ2v) is 4.83. The van der Waals surface area contributed by atoms with Crippen LogP contribution in [0.1, 0.15) is 0 Å². The Morgan fingerprint density at radius 3 is 2.53 bits per heavy atom. The average molecular weight is 328 g/mol. The fourth-order valence-electron chi connectivity index (χ4n) is 1.16. The summed E-state index contributed by atoms with van der Waals surface area (Å²) in [6, 6.07) is 11.8. The summed E-state index contributed by atoms with van der Waals surface area (Å²) < 4.78 is 2.02. The molecule has 0 bridgehead atoms. The molecule has 1 heterocycles. The van der Waals surface area contributed by atoms with Gasteiger partial charge in [0.25, 0.3) is 0 Å². The van der Waals surface area contributed by atoms with Crippen LogP contribution in [0.4, 0.5) is 11.5 Å². The normalized spacial score (nSPS) is 10.0. The lowest BCUT2D eigenvalue weighted by molar-refractivity contribution is 1.29. The summed E-state index contributed by atoms with van der Waals surface area (Å²) in [5.74, 6) is 0.830. The van der Waals surface area contributed by atoms with Crippen LogP contribution >= 0.6 is 31.9 Å². The maximum Gasteiger partial charge on any atom is 0.130 e. The van der Waals surface area contributed by atoms with Crippen molar-refractivity contribution >= 4 is 43.4 Å². The molecule has 0 amide bonds. The van der Waals surface area contributed by atoms with Gasteiger partial charge in [-0.3, -0.25) is 0 Å². The summed E-state index contributed by atoms with van der Waals surface area (Å²) in [6.07, 6.45) is 1.76. The number of aromatic nitrogens is 1. The number of anilines is 2. The number of pyridine rings is 1. The number of hydrogen-bond donors (Lipinski definition) is 1. The van der Waals surface area contributed by atoms with Crippen molar-refractivity contribution in [3.05, 3.63) is 51.5 Å². The molecule has 2 aromatic rings. The molecular weight excluding hydrogens is 320 g/mol. The predicted octanol–water partition coefficient (Wildman–Crippen LogP) is 4.35. The first kappa shape index (κ1) is 10.6. The highest BCUT2D eigenvalue weighted by Crippen LogP contribution is 2.19. The Bertz CT molecular complexity index is 454. The standard InChI is InChI=1S/C11H8Br2N2/c12-8-2-1-3-10(6-8)15-11-5-4-9(13)7-14-11/h1-7H,(H,14,15). The first-order valence-corrected chi connectivity index (χ1v) is 5.97. The van der Waals surface area contributed by atoms with Crippen LogP contribution in [-0.2, 0) is 0 Å². The van der Waals surface area contributed by atoms with E-state index in [0.717, 1.165) is 20.5 Å². The zero-order valence-corrected chi connectivity index (χ0v) is 10.9. The average Bonchev–Trinajstić information content (AvgIpc) is 2.22. The van der Waals surface area contributed by atoms with Crippen molar-refractivity contribution in [1.29, 1.82) is 0 Å². The SMILES string of the molecule is Brc1ccc(Nc2cccc(Br)c2)nc1. The van der Waals surface area contributed by atoms with E-state index in [2.05, 4.69) is 42.2 Å². The van der Waals surface area contributed by atoms with E-state index in [1.807, 2.05) is 36.4 Å². The number of benzene rings is 1. The number of hydrogen-bond acceptors (Lipinski definition) is 2. The van der Waals surface area contributed by atoms with E-state index in [1.165, 1.54) is 0 Å². The van der Waals surface area contributed by atoms with Gasteiger partial charge in [-0.2, -0.15) is 0 Å². The quantitative estimate of drug-likeness (QED) is 0.887. The smallest absolute Gasteiger partial charge is 0.130 e. The number of nitrogens with zero attached hydrogens (tertiary/aromatic N) is 1. The fourth-order valence-corrected chi connectivity index (χ4v) is 1.80. The summed E-state index contributed by atoms with van der Waals surface area (Å²) in [7, 11) is 0. The lowest BCUT2D eigenvalue weighted by atomic mass is 10.3. The molecule has 76 valence electrons. The number of halogens is 2. The Morgan fingerprint density at radius 2 is 1.87 bits per heavy atom. The highest BCUT2D eigenvalue weighted by atomic mass is 79.9. The first-order chi connectivity index (χ1) is 7.24. The topological polar surface area (TPSA) is 24.9 Å². The summed E-state index contributed by atoms with van der Waals surface area (Å²) in [6.45, 7) is 0. The van der Waals surface area contributed by atoms with E-state index in [4.69, 9.17) is 0 Å². The fraction of sp³-hybridized carbons (Fsp3) is 0.